The van der Waals surface area contributed by atoms with E-state index in [1.54, 1.807) is 0 Å². The van der Waals surface area contributed by atoms with Crippen molar-refractivity contribution in [1.82, 2.24) is 0 Å². The second kappa shape index (κ2) is 35.1. The Bertz CT molecular complexity index is 429. The van der Waals surface area contributed by atoms with Crippen LogP contribution in [-0.4, -0.2) is 37.7 Å². The number of ether oxygens (including phenoxy) is 1. The predicted octanol–water partition coefficient (Wildman–Crippen LogP) is 6.67. The number of hydrogen-bond acceptors (Lipinski definition) is 5. The molecule has 2 N–H and O–H groups in total. The summed E-state index contributed by atoms with van der Waals surface area (Å²) >= 11 is 0. The molecule has 174 valence electrons. The summed E-state index contributed by atoms with van der Waals surface area (Å²) < 4.78 is 24.9. The Morgan fingerprint density at radius 1 is 0.867 bits per heavy atom. The first-order chi connectivity index (χ1) is 14.1. The molecule has 0 rings (SSSR count). The van der Waals surface area contributed by atoms with Crippen LogP contribution in [0.25, 0.3) is 0 Å². The van der Waals surface area contributed by atoms with E-state index in [1.165, 1.54) is 0 Å². The molecule has 0 saturated heterocycles. The minimum Gasteiger partial charge on any atom is -0.376 e. The smallest absolute Gasteiger partial charge is 0.0598 e. The molecule has 0 atom stereocenters. The molecule has 0 spiro atoms. The van der Waals surface area contributed by atoms with E-state index >= 15 is 0 Å². The van der Waals surface area contributed by atoms with Crippen LogP contribution in [0.15, 0.2) is 0 Å². The van der Waals surface area contributed by atoms with Gasteiger partial charge in [-0.05, 0) is 27.7 Å². The summed E-state index contributed by atoms with van der Waals surface area (Å²) in [6.07, 6.45) is 12.2. The van der Waals surface area contributed by atoms with Crippen LogP contribution in [0.4, 0.5) is 0 Å². The van der Waals surface area contributed by atoms with Gasteiger partial charge in [-0.25, -0.2) is 0 Å². The first kappa shape index (κ1) is 39.1. The molecule has 0 amide bonds. The van der Waals surface area contributed by atoms with Crippen LogP contribution in [0.1, 0.15) is 114 Å². The molecule has 0 aliphatic heterocycles. The summed E-state index contributed by atoms with van der Waals surface area (Å²) in [6.45, 7) is 19.1. The number of hydrogen-bond donors (Lipinski definition) is 2. The fourth-order valence-corrected chi connectivity index (χ4v) is 1.48. The Labute approximate surface area is 189 Å². The van der Waals surface area contributed by atoms with Gasteiger partial charge in [-0.15, -0.1) is 12.3 Å². The van der Waals surface area contributed by atoms with Crippen LogP contribution in [0.3, 0.4) is 0 Å². The quantitative estimate of drug-likeness (QED) is 0.178. The van der Waals surface area contributed by atoms with Crippen molar-refractivity contribution in [3.8, 4) is 12.3 Å². The normalized spacial score (nSPS) is 8.40. The third-order valence-electron chi connectivity index (χ3n) is 2.92. The van der Waals surface area contributed by atoms with Crippen LogP contribution < -0.4 is 0 Å². The summed E-state index contributed by atoms with van der Waals surface area (Å²) in [5.74, 6) is 2.43. The number of terminal acetylenes is 1. The largest absolute Gasteiger partial charge is 0.376 e. The van der Waals surface area contributed by atoms with Gasteiger partial charge in [-0.3, -0.25) is 0 Å². The Morgan fingerprint density at radius 2 is 1.23 bits per heavy atom. The summed E-state index contributed by atoms with van der Waals surface area (Å²) in [5.41, 5.74) is 0.490. The topological polar surface area (TPSA) is 91.1 Å². The van der Waals surface area contributed by atoms with Gasteiger partial charge in [0.1, 0.15) is 0 Å². The van der Waals surface area contributed by atoms with Gasteiger partial charge in [-0.1, -0.05) is 20.8 Å². The standard InChI is InChI=1S/C6H12BNO.C6H14O.C5H10BNO.C4H6.C2H6/c1-2-3-4-5-6(8)7-9;1-5-7-6(2,3)4;1-2-3-4-5(7)6-8;1-3-4-2;1-2/h8H,2-5H2,1H3;5H2,1-4H3;7H,2-4H2,1H3;1H,4H2,2H3;1-2H3. The fourth-order valence-electron chi connectivity index (χ4n) is 1.48. The van der Waals surface area contributed by atoms with Crippen LogP contribution in [-0.2, 0) is 14.1 Å². The minimum absolute atomic E-state index is 0.0503. The molecule has 0 aliphatic rings. The molecule has 5 nitrogen and oxygen atoms in total. The van der Waals surface area contributed by atoms with E-state index in [9.17, 15) is 9.41 Å². The van der Waals surface area contributed by atoms with Gasteiger partial charge in [-0.2, -0.15) is 0 Å². The van der Waals surface area contributed by atoms with E-state index in [4.69, 9.17) is 22.0 Å². The number of rotatable bonds is 10. The molecule has 0 heterocycles. The summed E-state index contributed by atoms with van der Waals surface area (Å²) in [7, 11) is 1.23. The van der Waals surface area contributed by atoms with Crippen molar-refractivity contribution in [2.75, 3.05) is 6.61 Å². The van der Waals surface area contributed by atoms with Gasteiger partial charge in [0.2, 0.25) is 0 Å². The van der Waals surface area contributed by atoms with E-state index in [0.29, 0.717) is 27.1 Å². The summed E-state index contributed by atoms with van der Waals surface area (Å²) in [4.78, 5) is 0. The van der Waals surface area contributed by atoms with E-state index in [1.807, 2.05) is 34.6 Å². The molecule has 0 saturated carbocycles. The van der Waals surface area contributed by atoms with Gasteiger partial charge in [0.25, 0.3) is 0 Å². The molecule has 7 heteroatoms. The first-order valence-corrected chi connectivity index (χ1v) is 11.2. The Hall–Kier alpha value is -1.41. The zero-order valence-electron chi connectivity index (χ0n) is 21.3. The summed E-state index contributed by atoms with van der Waals surface area (Å²) in [5, 5.41) is 13.8. The molecule has 0 aromatic heterocycles. The summed E-state index contributed by atoms with van der Waals surface area (Å²) in [6, 6.07) is 0. The zero-order chi connectivity index (χ0) is 24.8. The van der Waals surface area contributed by atoms with Gasteiger partial charge in [0.15, 0.2) is 0 Å². The maximum absolute atomic E-state index is 9.87. The van der Waals surface area contributed by atoms with Crippen molar-refractivity contribution in [3.63, 3.8) is 0 Å². The zero-order valence-corrected chi connectivity index (χ0v) is 21.3. The Balaban J connectivity index is -0.0000000926. The third-order valence-corrected chi connectivity index (χ3v) is 2.92. The first-order valence-electron chi connectivity index (χ1n) is 11.2. The third kappa shape index (κ3) is 63.3. The Kier molecular flexibility index (Phi) is 45.7. The minimum atomic E-state index is 0.0503. The molecule has 0 aromatic carbocycles. The maximum Gasteiger partial charge on any atom is 0.0598 e. The predicted molar refractivity (Wildman–Crippen MR) is 134 cm³/mol. The maximum atomic E-state index is 9.87. The molecule has 0 unspecified atom stereocenters. The van der Waals surface area contributed by atoms with E-state index < -0.39 is 0 Å². The van der Waals surface area contributed by atoms with Crippen molar-refractivity contribution in [3.05, 3.63) is 0 Å². The van der Waals surface area contributed by atoms with Crippen LogP contribution in [0, 0.1) is 23.2 Å². The van der Waals surface area contributed by atoms with E-state index in [2.05, 4.69) is 33.6 Å². The SMILES string of the molecule is C#CCC.CC.CCCCC(=N)B=O.CCCCCC(=N)B=O.CCOC(C)(C)C. The van der Waals surface area contributed by atoms with Crippen molar-refractivity contribution < 1.29 is 14.1 Å². The molecule has 0 aromatic rings. The molecular formula is C23H48B2N2O3. The van der Waals surface area contributed by atoms with Gasteiger partial charge in [0.05, 0.1) is 5.60 Å². The molecular weight excluding hydrogens is 374 g/mol. The van der Waals surface area contributed by atoms with Crippen LogP contribution >= 0.6 is 0 Å². The average Bonchev–Trinajstić information content (AvgIpc) is 2.73. The average molecular weight is 422 g/mol. The van der Waals surface area contributed by atoms with Crippen molar-refractivity contribution in [2.45, 2.75) is 119 Å². The fraction of sp³-hybridized carbons (Fsp3) is 0.826. The molecule has 0 radical (unpaired) electrons. The number of unbranched alkanes of at least 4 members (excludes halogenated alkanes) is 3. The van der Waals surface area contributed by atoms with E-state index in [0.717, 1.165) is 45.1 Å². The van der Waals surface area contributed by atoms with Gasteiger partial charge < -0.3 is 4.74 Å². The van der Waals surface area contributed by atoms with Gasteiger partial charge >= 0.3 is 105 Å². The van der Waals surface area contributed by atoms with Crippen molar-refractivity contribution in [2.24, 2.45) is 0 Å². The molecule has 0 fully saturated rings. The monoisotopic (exact) mass is 422 g/mol. The van der Waals surface area contributed by atoms with Crippen LogP contribution in [0.5, 0.6) is 0 Å². The number of nitrogens with one attached hydrogen (secondary N) is 2. The van der Waals surface area contributed by atoms with Crippen molar-refractivity contribution in [1.29, 1.82) is 10.8 Å². The molecule has 0 bridgehead atoms. The second-order valence-corrected chi connectivity index (χ2v) is 6.95. The van der Waals surface area contributed by atoms with Crippen molar-refractivity contribution >= 4 is 25.5 Å². The van der Waals surface area contributed by atoms with E-state index in [-0.39, 0.29) is 16.8 Å². The molecule has 0 aliphatic carbocycles. The molecule has 30 heavy (non-hydrogen) atoms. The second-order valence-electron chi connectivity index (χ2n) is 6.95. The van der Waals surface area contributed by atoms with Gasteiger partial charge in [0, 0.05) is 13.0 Å². The Morgan fingerprint density at radius 3 is 1.43 bits per heavy atom. The van der Waals surface area contributed by atoms with Crippen LogP contribution in [0.2, 0.25) is 0 Å².